The highest BCUT2D eigenvalue weighted by atomic mass is 16.2. The van der Waals surface area contributed by atoms with E-state index >= 15 is 0 Å². The van der Waals surface area contributed by atoms with Gasteiger partial charge in [0.1, 0.15) is 0 Å². The van der Waals surface area contributed by atoms with Gasteiger partial charge in [-0.1, -0.05) is 66.7 Å². The fourth-order valence-corrected chi connectivity index (χ4v) is 2.62. The summed E-state index contributed by atoms with van der Waals surface area (Å²) in [5, 5.41) is 2.23. The van der Waals surface area contributed by atoms with Crippen molar-refractivity contribution in [2.75, 3.05) is 11.9 Å². The molecule has 0 unspecified atom stereocenters. The van der Waals surface area contributed by atoms with Crippen molar-refractivity contribution in [1.82, 2.24) is 0 Å². The molecule has 0 aliphatic heterocycles. The van der Waals surface area contributed by atoms with Crippen molar-refractivity contribution in [3.63, 3.8) is 0 Å². The van der Waals surface area contributed by atoms with E-state index in [-0.39, 0.29) is 5.91 Å². The van der Waals surface area contributed by atoms with Gasteiger partial charge in [0.2, 0.25) is 5.91 Å². The molecule has 0 aromatic heterocycles. The second-order valence-corrected chi connectivity index (χ2v) is 5.13. The molecule has 21 heavy (non-hydrogen) atoms. The Bertz CT molecular complexity index is 793. The Balaban J connectivity index is 2.34. The fourth-order valence-electron chi connectivity index (χ4n) is 2.62. The van der Waals surface area contributed by atoms with Crippen LogP contribution in [-0.2, 0) is 4.79 Å². The monoisotopic (exact) mass is 275 g/mol. The highest BCUT2D eigenvalue weighted by molar-refractivity contribution is 6.08. The van der Waals surface area contributed by atoms with Crippen LogP contribution in [0.2, 0.25) is 0 Å². The van der Waals surface area contributed by atoms with Crippen molar-refractivity contribution in [2.24, 2.45) is 0 Å². The minimum absolute atomic E-state index is 0.0311. The Morgan fingerprint density at radius 1 is 0.857 bits per heavy atom. The zero-order valence-electron chi connectivity index (χ0n) is 12.2. The molecular weight excluding hydrogens is 258 g/mol. The molecular formula is C19H17NO. The lowest BCUT2D eigenvalue weighted by atomic mass is 9.97. The van der Waals surface area contributed by atoms with Crippen LogP contribution >= 0.6 is 0 Å². The highest BCUT2D eigenvalue weighted by Gasteiger charge is 2.15. The van der Waals surface area contributed by atoms with Crippen LogP contribution in [0.3, 0.4) is 0 Å². The fraction of sp³-hybridized carbons (Fsp3) is 0.105. The second kappa shape index (κ2) is 5.41. The molecule has 0 aliphatic carbocycles. The molecule has 3 rings (SSSR count). The standard InChI is InChI=1S/C19H17NO/c1-14(21)20(2)19-17-11-7-6-10-16(17)12-13-18(19)15-8-4-3-5-9-15/h3-13H,1-2H3. The summed E-state index contributed by atoms with van der Waals surface area (Å²) in [5.74, 6) is 0.0311. The maximum Gasteiger partial charge on any atom is 0.223 e. The number of amides is 1. The lowest BCUT2D eigenvalue weighted by Crippen LogP contribution is -2.23. The van der Waals surface area contributed by atoms with Crippen molar-refractivity contribution in [3.8, 4) is 11.1 Å². The van der Waals surface area contributed by atoms with Crippen molar-refractivity contribution in [3.05, 3.63) is 66.7 Å². The number of benzene rings is 3. The summed E-state index contributed by atoms with van der Waals surface area (Å²) in [5.41, 5.74) is 3.16. The van der Waals surface area contributed by atoms with E-state index in [2.05, 4.69) is 36.4 Å². The summed E-state index contributed by atoms with van der Waals surface area (Å²) in [6, 6.07) is 22.5. The van der Waals surface area contributed by atoms with E-state index in [0.717, 1.165) is 27.6 Å². The Kier molecular flexibility index (Phi) is 3.44. The van der Waals surface area contributed by atoms with E-state index in [1.807, 2.05) is 37.4 Å². The van der Waals surface area contributed by atoms with Crippen LogP contribution in [0.5, 0.6) is 0 Å². The van der Waals surface area contributed by atoms with E-state index in [1.165, 1.54) is 0 Å². The molecule has 3 aromatic rings. The molecule has 0 heterocycles. The van der Waals surface area contributed by atoms with Gasteiger partial charge >= 0.3 is 0 Å². The number of nitrogens with zero attached hydrogens (tertiary/aromatic N) is 1. The number of fused-ring (bicyclic) bond motifs is 1. The third kappa shape index (κ3) is 2.40. The van der Waals surface area contributed by atoms with Crippen molar-refractivity contribution in [2.45, 2.75) is 6.92 Å². The molecule has 0 atom stereocenters. The number of hydrogen-bond donors (Lipinski definition) is 0. The van der Waals surface area contributed by atoms with Gasteiger partial charge in [0.25, 0.3) is 0 Å². The Morgan fingerprint density at radius 2 is 1.52 bits per heavy atom. The van der Waals surface area contributed by atoms with Gasteiger partial charge in [0.05, 0.1) is 5.69 Å². The molecule has 0 saturated carbocycles. The molecule has 0 saturated heterocycles. The van der Waals surface area contributed by atoms with E-state index < -0.39 is 0 Å². The van der Waals surface area contributed by atoms with Crippen LogP contribution in [0, 0.1) is 0 Å². The summed E-state index contributed by atoms with van der Waals surface area (Å²) in [6.45, 7) is 1.59. The molecule has 2 heteroatoms. The van der Waals surface area contributed by atoms with Gasteiger partial charge in [-0.25, -0.2) is 0 Å². The first kappa shape index (κ1) is 13.4. The van der Waals surface area contributed by atoms with Gasteiger partial charge in [0.15, 0.2) is 0 Å². The van der Waals surface area contributed by atoms with Crippen LogP contribution < -0.4 is 4.90 Å². The van der Waals surface area contributed by atoms with Crippen molar-refractivity contribution < 1.29 is 4.79 Å². The lowest BCUT2D eigenvalue weighted by molar-refractivity contribution is -0.116. The lowest BCUT2D eigenvalue weighted by Gasteiger charge is -2.22. The minimum atomic E-state index is 0.0311. The van der Waals surface area contributed by atoms with Gasteiger partial charge in [-0.3, -0.25) is 4.79 Å². The predicted molar refractivity (Wildman–Crippen MR) is 88.5 cm³/mol. The largest absolute Gasteiger partial charge is 0.315 e. The van der Waals surface area contributed by atoms with Crippen LogP contribution in [0.1, 0.15) is 6.92 Å². The molecule has 0 bridgehead atoms. The SMILES string of the molecule is CC(=O)N(C)c1c(-c2ccccc2)ccc2ccccc12. The highest BCUT2D eigenvalue weighted by Crippen LogP contribution is 2.36. The van der Waals surface area contributed by atoms with Gasteiger partial charge in [-0.2, -0.15) is 0 Å². The summed E-state index contributed by atoms with van der Waals surface area (Å²) >= 11 is 0. The Morgan fingerprint density at radius 3 is 2.24 bits per heavy atom. The Labute approximate surface area is 124 Å². The number of hydrogen-bond acceptors (Lipinski definition) is 1. The van der Waals surface area contributed by atoms with E-state index in [1.54, 1.807) is 11.8 Å². The summed E-state index contributed by atoms with van der Waals surface area (Å²) in [6.07, 6.45) is 0. The maximum atomic E-state index is 11.9. The third-order valence-electron chi connectivity index (χ3n) is 3.79. The number of carbonyl (C=O) groups excluding carboxylic acids is 1. The average molecular weight is 275 g/mol. The summed E-state index contributed by atoms with van der Waals surface area (Å²) in [4.78, 5) is 13.6. The first-order valence-electron chi connectivity index (χ1n) is 7.00. The minimum Gasteiger partial charge on any atom is -0.315 e. The predicted octanol–water partition coefficient (Wildman–Crippen LogP) is 4.49. The molecule has 3 aromatic carbocycles. The molecule has 0 aliphatic rings. The van der Waals surface area contributed by atoms with Gasteiger partial charge < -0.3 is 4.90 Å². The Hall–Kier alpha value is -2.61. The average Bonchev–Trinajstić information content (AvgIpc) is 2.53. The zero-order valence-corrected chi connectivity index (χ0v) is 12.2. The second-order valence-electron chi connectivity index (χ2n) is 5.13. The third-order valence-corrected chi connectivity index (χ3v) is 3.79. The number of rotatable bonds is 2. The topological polar surface area (TPSA) is 20.3 Å². The molecule has 0 spiro atoms. The van der Waals surface area contributed by atoms with Crippen LogP contribution in [0.4, 0.5) is 5.69 Å². The molecule has 0 fully saturated rings. The van der Waals surface area contributed by atoms with E-state index in [0.29, 0.717) is 0 Å². The van der Waals surface area contributed by atoms with Crippen molar-refractivity contribution in [1.29, 1.82) is 0 Å². The normalized spacial score (nSPS) is 10.6. The van der Waals surface area contributed by atoms with E-state index in [4.69, 9.17) is 0 Å². The summed E-state index contributed by atoms with van der Waals surface area (Å²) in [7, 11) is 1.83. The smallest absolute Gasteiger partial charge is 0.223 e. The van der Waals surface area contributed by atoms with Crippen molar-refractivity contribution >= 4 is 22.4 Å². The quantitative estimate of drug-likeness (QED) is 0.674. The molecule has 1 amide bonds. The van der Waals surface area contributed by atoms with Crippen LogP contribution in [-0.4, -0.2) is 13.0 Å². The number of carbonyl (C=O) groups is 1. The molecule has 0 N–H and O–H groups in total. The first-order chi connectivity index (χ1) is 10.2. The van der Waals surface area contributed by atoms with Crippen LogP contribution in [0.25, 0.3) is 21.9 Å². The first-order valence-corrected chi connectivity index (χ1v) is 7.00. The zero-order chi connectivity index (χ0) is 14.8. The van der Waals surface area contributed by atoms with Gasteiger partial charge in [-0.15, -0.1) is 0 Å². The molecule has 0 radical (unpaired) electrons. The van der Waals surface area contributed by atoms with Crippen LogP contribution in [0.15, 0.2) is 66.7 Å². The van der Waals surface area contributed by atoms with Gasteiger partial charge in [0, 0.05) is 24.9 Å². The summed E-state index contributed by atoms with van der Waals surface area (Å²) < 4.78 is 0. The molecule has 2 nitrogen and oxygen atoms in total. The number of anilines is 1. The maximum absolute atomic E-state index is 11.9. The van der Waals surface area contributed by atoms with Gasteiger partial charge in [-0.05, 0) is 10.9 Å². The molecule has 104 valence electrons. The van der Waals surface area contributed by atoms with E-state index in [9.17, 15) is 4.79 Å².